The molecule has 0 aromatic heterocycles. The minimum atomic E-state index is 0.286. The summed E-state index contributed by atoms with van der Waals surface area (Å²) in [5.41, 5.74) is 2.59. The summed E-state index contributed by atoms with van der Waals surface area (Å²) < 4.78 is 5.78. The van der Waals surface area contributed by atoms with Gasteiger partial charge in [0.05, 0.1) is 18.8 Å². The second-order valence-electron chi connectivity index (χ2n) is 4.31. The van der Waals surface area contributed by atoms with Gasteiger partial charge in [-0.1, -0.05) is 36.8 Å². The van der Waals surface area contributed by atoms with E-state index in [1.54, 1.807) is 0 Å². The molecule has 0 aliphatic heterocycles. The number of likely N-dealkylation sites (N-methyl/N-ethyl adjacent to an activating group) is 1. The van der Waals surface area contributed by atoms with Crippen LogP contribution >= 0.6 is 0 Å². The van der Waals surface area contributed by atoms with Gasteiger partial charge in [-0.3, -0.25) is 0 Å². The van der Waals surface area contributed by atoms with E-state index in [9.17, 15) is 0 Å². The zero-order chi connectivity index (χ0) is 12.0. The zero-order valence-corrected chi connectivity index (χ0v) is 10.8. The van der Waals surface area contributed by atoms with Gasteiger partial charge in [0.25, 0.3) is 0 Å². The van der Waals surface area contributed by atoms with Gasteiger partial charge in [-0.2, -0.15) is 0 Å². The van der Waals surface area contributed by atoms with Crippen molar-refractivity contribution < 1.29 is 4.74 Å². The highest BCUT2D eigenvalue weighted by Crippen LogP contribution is 2.15. The summed E-state index contributed by atoms with van der Waals surface area (Å²) in [5.74, 6) is 0. The lowest BCUT2D eigenvalue weighted by atomic mass is 10.1. The molecule has 0 radical (unpaired) electrons. The summed E-state index contributed by atoms with van der Waals surface area (Å²) in [6, 6.07) is 8.85. The molecule has 0 spiro atoms. The Hall–Kier alpha value is -0.860. The van der Waals surface area contributed by atoms with Gasteiger partial charge in [-0.15, -0.1) is 0 Å². The Balaban J connectivity index is 2.60. The summed E-state index contributed by atoms with van der Waals surface area (Å²) in [5, 5.41) is 3.30. The molecule has 2 atom stereocenters. The molecule has 16 heavy (non-hydrogen) atoms. The van der Waals surface area contributed by atoms with E-state index in [2.05, 4.69) is 50.4 Å². The van der Waals surface area contributed by atoms with Gasteiger partial charge in [-0.25, -0.2) is 0 Å². The number of hydrogen-bond acceptors (Lipinski definition) is 2. The van der Waals surface area contributed by atoms with Crippen molar-refractivity contribution in [1.82, 2.24) is 5.32 Å². The van der Waals surface area contributed by atoms with Crippen LogP contribution in [0.2, 0.25) is 0 Å². The van der Waals surface area contributed by atoms with Crippen LogP contribution in [0.3, 0.4) is 0 Å². The molecule has 0 fully saturated rings. The lowest BCUT2D eigenvalue weighted by molar-refractivity contribution is 0.0487. The maximum atomic E-state index is 5.78. The number of benzene rings is 1. The lowest BCUT2D eigenvalue weighted by Gasteiger charge is -2.19. The predicted molar refractivity (Wildman–Crippen MR) is 68.7 cm³/mol. The summed E-state index contributed by atoms with van der Waals surface area (Å²) >= 11 is 0. The highest BCUT2D eigenvalue weighted by Gasteiger charge is 2.10. The molecule has 1 N–H and O–H groups in total. The molecule has 1 aromatic rings. The standard InChI is InChI=1S/C14H23NO/c1-5-12(3)16-10-14(15-4)13-8-6-7-11(2)9-13/h6-9,12,14-15H,5,10H2,1-4H3. The Morgan fingerprint density at radius 2 is 2.12 bits per heavy atom. The molecule has 0 saturated carbocycles. The van der Waals surface area contributed by atoms with Crippen LogP contribution < -0.4 is 5.32 Å². The number of ether oxygens (including phenoxy) is 1. The van der Waals surface area contributed by atoms with Crippen molar-refractivity contribution in [3.05, 3.63) is 35.4 Å². The fourth-order valence-corrected chi connectivity index (χ4v) is 1.61. The SMILES string of the molecule is CCC(C)OCC(NC)c1cccc(C)c1. The van der Waals surface area contributed by atoms with Crippen LogP contribution in [0.15, 0.2) is 24.3 Å². The van der Waals surface area contributed by atoms with Crippen LogP contribution in [-0.4, -0.2) is 19.8 Å². The highest BCUT2D eigenvalue weighted by molar-refractivity contribution is 5.25. The van der Waals surface area contributed by atoms with Crippen LogP contribution in [0.5, 0.6) is 0 Å². The fraction of sp³-hybridized carbons (Fsp3) is 0.571. The molecule has 1 aromatic carbocycles. The first-order valence-corrected chi connectivity index (χ1v) is 6.02. The van der Waals surface area contributed by atoms with E-state index in [0.29, 0.717) is 6.10 Å². The third-order valence-corrected chi connectivity index (χ3v) is 2.92. The predicted octanol–water partition coefficient (Wildman–Crippen LogP) is 3.07. The van der Waals surface area contributed by atoms with Crippen LogP contribution in [0.4, 0.5) is 0 Å². The van der Waals surface area contributed by atoms with E-state index < -0.39 is 0 Å². The molecule has 0 amide bonds. The molecule has 90 valence electrons. The van der Waals surface area contributed by atoms with E-state index in [0.717, 1.165) is 13.0 Å². The maximum Gasteiger partial charge on any atom is 0.0665 e. The number of hydrogen-bond donors (Lipinski definition) is 1. The average Bonchev–Trinajstić information content (AvgIpc) is 2.29. The molecule has 2 nitrogen and oxygen atoms in total. The van der Waals surface area contributed by atoms with Gasteiger partial charge in [0, 0.05) is 0 Å². The van der Waals surface area contributed by atoms with E-state index in [1.807, 2.05) is 7.05 Å². The highest BCUT2D eigenvalue weighted by atomic mass is 16.5. The zero-order valence-electron chi connectivity index (χ0n) is 10.8. The molecule has 2 heteroatoms. The first kappa shape index (κ1) is 13.2. The number of nitrogens with one attached hydrogen (secondary N) is 1. The van der Waals surface area contributed by atoms with Crippen LogP contribution in [-0.2, 0) is 4.74 Å². The van der Waals surface area contributed by atoms with E-state index in [4.69, 9.17) is 4.74 Å². The smallest absolute Gasteiger partial charge is 0.0665 e. The van der Waals surface area contributed by atoms with Gasteiger partial charge in [-0.05, 0) is 32.9 Å². The average molecular weight is 221 g/mol. The van der Waals surface area contributed by atoms with Gasteiger partial charge in [0.15, 0.2) is 0 Å². The Morgan fingerprint density at radius 1 is 1.38 bits per heavy atom. The van der Waals surface area contributed by atoms with Crippen molar-refractivity contribution in [2.45, 2.75) is 39.3 Å². The molecule has 0 aliphatic carbocycles. The fourth-order valence-electron chi connectivity index (χ4n) is 1.61. The molecule has 2 unspecified atom stereocenters. The van der Waals surface area contributed by atoms with Crippen molar-refractivity contribution in [2.75, 3.05) is 13.7 Å². The Morgan fingerprint density at radius 3 is 2.69 bits per heavy atom. The molecule has 1 rings (SSSR count). The monoisotopic (exact) mass is 221 g/mol. The number of rotatable bonds is 6. The normalized spacial score (nSPS) is 14.8. The van der Waals surface area contributed by atoms with Crippen LogP contribution in [0, 0.1) is 6.92 Å². The summed E-state index contributed by atoms with van der Waals surface area (Å²) in [7, 11) is 1.98. The summed E-state index contributed by atoms with van der Waals surface area (Å²) in [6.45, 7) is 7.11. The molecule has 0 heterocycles. The quantitative estimate of drug-likeness (QED) is 0.797. The Bertz CT molecular complexity index is 311. The molecule has 0 saturated heterocycles. The van der Waals surface area contributed by atoms with Crippen LogP contribution in [0.25, 0.3) is 0 Å². The molecule has 0 aliphatic rings. The second kappa shape index (κ2) is 6.66. The Labute approximate surface area is 99.0 Å². The van der Waals surface area contributed by atoms with Crippen molar-refractivity contribution in [2.24, 2.45) is 0 Å². The van der Waals surface area contributed by atoms with E-state index >= 15 is 0 Å². The lowest BCUT2D eigenvalue weighted by Crippen LogP contribution is -2.24. The van der Waals surface area contributed by atoms with Gasteiger partial charge in [0.1, 0.15) is 0 Å². The van der Waals surface area contributed by atoms with Crippen LogP contribution in [0.1, 0.15) is 37.4 Å². The third-order valence-electron chi connectivity index (χ3n) is 2.92. The Kier molecular flexibility index (Phi) is 5.50. The summed E-state index contributed by atoms with van der Waals surface area (Å²) in [6.07, 6.45) is 1.39. The first-order chi connectivity index (χ1) is 7.67. The molecular weight excluding hydrogens is 198 g/mol. The van der Waals surface area contributed by atoms with Crippen molar-refractivity contribution in [1.29, 1.82) is 0 Å². The topological polar surface area (TPSA) is 21.3 Å². The second-order valence-corrected chi connectivity index (χ2v) is 4.31. The van der Waals surface area contributed by atoms with Crippen molar-refractivity contribution in [3.8, 4) is 0 Å². The maximum absolute atomic E-state index is 5.78. The van der Waals surface area contributed by atoms with Crippen molar-refractivity contribution in [3.63, 3.8) is 0 Å². The van der Waals surface area contributed by atoms with Crippen molar-refractivity contribution >= 4 is 0 Å². The largest absolute Gasteiger partial charge is 0.377 e. The minimum Gasteiger partial charge on any atom is -0.377 e. The third kappa shape index (κ3) is 3.95. The van der Waals surface area contributed by atoms with E-state index in [1.165, 1.54) is 11.1 Å². The number of aryl methyl sites for hydroxylation is 1. The first-order valence-electron chi connectivity index (χ1n) is 6.02. The minimum absolute atomic E-state index is 0.286. The summed E-state index contributed by atoms with van der Waals surface area (Å²) in [4.78, 5) is 0. The van der Waals surface area contributed by atoms with Gasteiger partial charge in [0.2, 0.25) is 0 Å². The van der Waals surface area contributed by atoms with Gasteiger partial charge >= 0.3 is 0 Å². The van der Waals surface area contributed by atoms with E-state index in [-0.39, 0.29) is 6.04 Å². The van der Waals surface area contributed by atoms with Gasteiger partial charge < -0.3 is 10.1 Å². The molecule has 0 bridgehead atoms. The molecular formula is C14H23NO.